The van der Waals surface area contributed by atoms with E-state index in [0.29, 0.717) is 11.9 Å². The number of nitrogens with one attached hydrogen (secondary N) is 1. The quantitative estimate of drug-likeness (QED) is 0.680. The SMILES string of the molecule is CCCN1CCC(CCNc2nnc([C@H](N)c3ccccc3)o2)CC1.Cl.Cl. The molecule has 1 aromatic carbocycles. The van der Waals surface area contributed by atoms with Crippen LogP contribution in [0.5, 0.6) is 0 Å². The van der Waals surface area contributed by atoms with Gasteiger partial charge in [0.15, 0.2) is 0 Å². The molecule has 152 valence electrons. The first-order valence-electron chi connectivity index (χ1n) is 9.36. The van der Waals surface area contributed by atoms with Crippen molar-refractivity contribution in [3.05, 3.63) is 41.8 Å². The van der Waals surface area contributed by atoms with E-state index in [0.717, 1.165) is 24.4 Å². The number of halogens is 2. The smallest absolute Gasteiger partial charge is 0.315 e. The first-order valence-corrected chi connectivity index (χ1v) is 9.36. The lowest BCUT2D eigenvalue weighted by atomic mass is 9.93. The highest BCUT2D eigenvalue weighted by Crippen LogP contribution is 2.22. The molecule has 0 unspecified atom stereocenters. The van der Waals surface area contributed by atoms with Crippen LogP contribution in [0.1, 0.15) is 50.1 Å². The molecule has 6 nitrogen and oxygen atoms in total. The molecule has 1 aliphatic heterocycles. The van der Waals surface area contributed by atoms with Gasteiger partial charge in [-0.15, -0.1) is 29.9 Å². The van der Waals surface area contributed by atoms with Crippen LogP contribution in [0.2, 0.25) is 0 Å². The summed E-state index contributed by atoms with van der Waals surface area (Å²) < 4.78 is 5.67. The van der Waals surface area contributed by atoms with E-state index in [1.807, 2.05) is 30.3 Å². The van der Waals surface area contributed by atoms with Gasteiger partial charge in [0, 0.05) is 6.54 Å². The summed E-state index contributed by atoms with van der Waals surface area (Å²) in [6, 6.07) is 9.88. The number of nitrogens with zero attached hydrogens (tertiary/aromatic N) is 3. The Morgan fingerprint density at radius 1 is 1.19 bits per heavy atom. The first kappa shape index (κ1) is 23.7. The molecule has 1 saturated heterocycles. The molecular weight excluding hydrogens is 385 g/mol. The van der Waals surface area contributed by atoms with Gasteiger partial charge in [-0.05, 0) is 56.8 Å². The van der Waals surface area contributed by atoms with Crippen LogP contribution in [0.25, 0.3) is 0 Å². The number of nitrogens with two attached hydrogens (primary N) is 1. The van der Waals surface area contributed by atoms with Gasteiger partial charge < -0.3 is 20.4 Å². The fraction of sp³-hybridized carbons (Fsp3) is 0.579. The maximum atomic E-state index is 6.18. The maximum absolute atomic E-state index is 6.18. The van der Waals surface area contributed by atoms with E-state index in [-0.39, 0.29) is 30.9 Å². The molecule has 0 saturated carbocycles. The molecule has 0 spiro atoms. The number of likely N-dealkylation sites (tertiary alicyclic amines) is 1. The second-order valence-corrected chi connectivity index (χ2v) is 6.83. The second-order valence-electron chi connectivity index (χ2n) is 6.83. The van der Waals surface area contributed by atoms with E-state index in [4.69, 9.17) is 10.2 Å². The van der Waals surface area contributed by atoms with Gasteiger partial charge in [-0.25, -0.2) is 0 Å². The Kier molecular flexibility index (Phi) is 10.7. The zero-order valence-corrected chi connectivity index (χ0v) is 17.5. The normalized spacial score (nSPS) is 16.2. The van der Waals surface area contributed by atoms with Gasteiger partial charge in [-0.2, -0.15) is 0 Å². The van der Waals surface area contributed by atoms with Crippen molar-refractivity contribution < 1.29 is 4.42 Å². The van der Waals surface area contributed by atoms with Crippen molar-refractivity contribution in [2.24, 2.45) is 11.7 Å². The van der Waals surface area contributed by atoms with E-state index in [2.05, 4.69) is 27.3 Å². The standard InChI is InChI=1S/C19H29N5O.2ClH/c1-2-12-24-13-9-15(10-14-24)8-11-21-19-23-22-18(25-19)17(20)16-6-4-3-5-7-16;;/h3-7,15,17H,2,8-14,20H2,1H3,(H,21,23);2*1H/t17-;;/m1../s1. The van der Waals surface area contributed by atoms with E-state index < -0.39 is 0 Å². The molecular formula is C19H31Cl2N5O. The fourth-order valence-corrected chi connectivity index (χ4v) is 3.43. The molecule has 0 amide bonds. The average molecular weight is 416 g/mol. The van der Waals surface area contributed by atoms with Crippen molar-refractivity contribution in [1.82, 2.24) is 15.1 Å². The summed E-state index contributed by atoms with van der Waals surface area (Å²) in [5.74, 6) is 1.23. The number of piperidine rings is 1. The predicted octanol–water partition coefficient (Wildman–Crippen LogP) is 3.89. The fourth-order valence-electron chi connectivity index (χ4n) is 3.43. The summed E-state index contributed by atoms with van der Waals surface area (Å²) >= 11 is 0. The van der Waals surface area contributed by atoms with Crippen LogP contribution in [0.3, 0.4) is 0 Å². The van der Waals surface area contributed by atoms with Crippen molar-refractivity contribution in [2.75, 3.05) is 31.5 Å². The number of rotatable bonds is 8. The van der Waals surface area contributed by atoms with Crippen LogP contribution < -0.4 is 11.1 Å². The van der Waals surface area contributed by atoms with Crippen molar-refractivity contribution in [1.29, 1.82) is 0 Å². The maximum Gasteiger partial charge on any atom is 0.315 e. The molecule has 0 aliphatic carbocycles. The molecule has 1 aromatic heterocycles. The molecule has 0 radical (unpaired) electrons. The molecule has 8 heteroatoms. The monoisotopic (exact) mass is 415 g/mol. The Morgan fingerprint density at radius 3 is 2.56 bits per heavy atom. The molecule has 1 fully saturated rings. The van der Waals surface area contributed by atoms with Crippen molar-refractivity contribution in [3.63, 3.8) is 0 Å². The molecule has 2 heterocycles. The second kappa shape index (κ2) is 12.2. The Balaban J connectivity index is 0.00000182. The van der Waals surface area contributed by atoms with Crippen LogP contribution in [0.4, 0.5) is 6.01 Å². The van der Waals surface area contributed by atoms with Crippen LogP contribution in [-0.4, -0.2) is 41.3 Å². The third-order valence-electron chi connectivity index (χ3n) is 4.94. The number of anilines is 1. The summed E-state index contributed by atoms with van der Waals surface area (Å²) in [6.45, 7) is 6.81. The van der Waals surface area contributed by atoms with E-state index in [9.17, 15) is 0 Å². The molecule has 1 aliphatic rings. The lowest BCUT2D eigenvalue weighted by Gasteiger charge is -2.31. The highest BCUT2D eigenvalue weighted by Gasteiger charge is 2.19. The lowest BCUT2D eigenvalue weighted by molar-refractivity contribution is 0.181. The van der Waals surface area contributed by atoms with Crippen molar-refractivity contribution in [2.45, 2.75) is 38.6 Å². The minimum Gasteiger partial charge on any atom is -0.406 e. The van der Waals surface area contributed by atoms with Gasteiger partial charge in [-0.1, -0.05) is 42.4 Å². The third kappa shape index (κ3) is 6.96. The molecule has 27 heavy (non-hydrogen) atoms. The van der Waals surface area contributed by atoms with Crippen molar-refractivity contribution >= 4 is 30.8 Å². The minimum absolute atomic E-state index is 0. The molecule has 3 rings (SSSR count). The summed E-state index contributed by atoms with van der Waals surface area (Å²) in [6.07, 6.45) is 4.96. The Bertz CT molecular complexity index is 632. The largest absolute Gasteiger partial charge is 0.406 e. The summed E-state index contributed by atoms with van der Waals surface area (Å²) in [5.41, 5.74) is 7.15. The van der Waals surface area contributed by atoms with Crippen LogP contribution in [-0.2, 0) is 0 Å². The van der Waals surface area contributed by atoms with Crippen LogP contribution in [0, 0.1) is 5.92 Å². The number of benzene rings is 1. The van der Waals surface area contributed by atoms with E-state index in [1.165, 1.54) is 38.9 Å². The topological polar surface area (TPSA) is 80.2 Å². The number of hydrogen-bond acceptors (Lipinski definition) is 6. The molecule has 1 atom stereocenters. The van der Waals surface area contributed by atoms with Gasteiger partial charge >= 0.3 is 6.01 Å². The van der Waals surface area contributed by atoms with Gasteiger partial charge in [0.2, 0.25) is 5.89 Å². The first-order chi connectivity index (χ1) is 12.3. The molecule has 0 bridgehead atoms. The highest BCUT2D eigenvalue weighted by molar-refractivity contribution is 5.85. The van der Waals surface area contributed by atoms with Gasteiger partial charge in [0.1, 0.15) is 6.04 Å². The lowest BCUT2D eigenvalue weighted by Crippen LogP contribution is -2.34. The third-order valence-corrected chi connectivity index (χ3v) is 4.94. The summed E-state index contributed by atoms with van der Waals surface area (Å²) in [5, 5.41) is 11.4. The Morgan fingerprint density at radius 2 is 1.89 bits per heavy atom. The Labute approximate surface area is 174 Å². The number of hydrogen-bond donors (Lipinski definition) is 2. The van der Waals surface area contributed by atoms with Gasteiger partial charge in [0.25, 0.3) is 0 Å². The van der Waals surface area contributed by atoms with Gasteiger partial charge in [-0.3, -0.25) is 0 Å². The zero-order chi connectivity index (χ0) is 17.5. The Hall–Kier alpha value is -1.34. The van der Waals surface area contributed by atoms with Crippen LogP contribution in [0.15, 0.2) is 34.7 Å². The summed E-state index contributed by atoms with van der Waals surface area (Å²) in [4.78, 5) is 2.57. The zero-order valence-electron chi connectivity index (χ0n) is 15.8. The average Bonchev–Trinajstić information content (AvgIpc) is 3.12. The minimum atomic E-state index is -0.382. The van der Waals surface area contributed by atoms with Crippen LogP contribution >= 0.6 is 24.8 Å². The van der Waals surface area contributed by atoms with Crippen molar-refractivity contribution in [3.8, 4) is 0 Å². The van der Waals surface area contributed by atoms with Gasteiger partial charge in [0.05, 0.1) is 0 Å². The molecule has 2 aromatic rings. The number of aromatic nitrogens is 2. The highest BCUT2D eigenvalue weighted by atomic mass is 35.5. The van der Waals surface area contributed by atoms with E-state index >= 15 is 0 Å². The van der Waals surface area contributed by atoms with E-state index in [1.54, 1.807) is 0 Å². The summed E-state index contributed by atoms with van der Waals surface area (Å²) in [7, 11) is 0. The predicted molar refractivity (Wildman–Crippen MR) is 114 cm³/mol. The molecule has 3 N–H and O–H groups in total.